The second-order valence-corrected chi connectivity index (χ2v) is 7.21. The van der Waals surface area contributed by atoms with Gasteiger partial charge in [-0.15, -0.1) is 4.28 Å². The average Bonchev–Trinajstić information content (AvgIpc) is 2.30. The van der Waals surface area contributed by atoms with Crippen molar-refractivity contribution < 1.29 is 41.1 Å². The Hall–Kier alpha value is -1.43. The van der Waals surface area contributed by atoms with Crippen LogP contribution in [0.25, 0.3) is 0 Å². The average molecular weight is 357 g/mol. The minimum absolute atomic E-state index is 0.0241. The van der Waals surface area contributed by atoms with E-state index >= 15 is 0 Å². The summed E-state index contributed by atoms with van der Waals surface area (Å²) in [5, 5.41) is 8.64. The highest BCUT2D eigenvalue weighted by molar-refractivity contribution is 7.82. The van der Waals surface area contributed by atoms with Gasteiger partial charge in [-0.05, 0) is 34.6 Å². The maximum absolute atomic E-state index is 11.5. The molecule has 0 atom stereocenters. The molecular formula is C12H23NO9S. The molecule has 0 bridgehead atoms. The first-order valence-corrected chi connectivity index (χ1v) is 7.99. The van der Waals surface area contributed by atoms with Gasteiger partial charge in [0.25, 0.3) is 0 Å². The molecule has 0 unspecified atom stereocenters. The lowest BCUT2D eigenvalue weighted by atomic mass is 10.1. The molecule has 0 heterocycles. The highest BCUT2D eigenvalue weighted by atomic mass is 32.3. The number of hydroxylamine groups is 1. The third-order valence-electron chi connectivity index (χ3n) is 1.98. The summed E-state index contributed by atoms with van der Waals surface area (Å²) in [7, 11) is -4.79. The molecule has 0 aliphatic carbocycles. The van der Waals surface area contributed by atoms with E-state index in [1.807, 2.05) is 0 Å². The lowest BCUT2D eigenvalue weighted by Crippen LogP contribution is -2.36. The number of carbonyl (C=O) groups excluding carboxylic acids is 2. The fraction of sp³-hybridized carbons (Fsp3) is 0.833. The van der Waals surface area contributed by atoms with Crippen LogP contribution in [0.4, 0.5) is 4.79 Å². The van der Waals surface area contributed by atoms with Crippen molar-refractivity contribution in [3.8, 4) is 0 Å². The molecule has 1 amide bonds. The van der Waals surface area contributed by atoms with Crippen LogP contribution < -0.4 is 5.48 Å². The number of aliphatic hydroxyl groups excluding tert-OH is 1. The summed E-state index contributed by atoms with van der Waals surface area (Å²) in [6.45, 7) is 7.44. The highest BCUT2D eigenvalue weighted by Crippen LogP contribution is 2.16. The fourth-order valence-electron chi connectivity index (χ4n) is 1.26. The smallest absolute Gasteiger partial charge is 0.442 e. The van der Waals surface area contributed by atoms with Crippen LogP contribution >= 0.6 is 0 Å². The predicted molar refractivity (Wildman–Crippen MR) is 77.2 cm³/mol. The van der Waals surface area contributed by atoms with Crippen molar-refractivity contribution in [1.29, 1.82) is 0 Å². The number of ether oxygens (including phenoxy) is 2. The van der Waals surface area contributed by atoms with Crippen molar-refractivity contribution >= 4 is 22.5 Å². The summed E-state index contributed by atoms with van der Waals surface area (Å²) < 4.78 is 40.8. The normalized spacial score (nSPS) is 12.6. The van der Waals surface area contributed by atoms with E-state index in [0.29, 0.717) is 0 Å². The zero-order valence-corrected chi connectivity index (χ0v) is 14.6. The minimum atomic E-state index is -4.79. The first kappa shape index (κ1) is 21.6. The third-order valence-corrected chi connectivity index (χ3v) is 2.65. The molecule has 0 aromatic heterocycles. The predicted octanol–water partition coefficient (Wildman–Crippen LogP) is 0.408. The Labute approximate surface area is 135 Å². The Morgan fingerprint density at radius 2 is 1.70 bits per heavy atom. The van der Waals surface area contributed by atoms with Gasteiger partial charge >= 0.3 is 22.5 Å². The maximum atomic E-state index is 11.5. The first-order chi connectivity index (χ1) is 10.3. The van der Waals surface area contributed by atoms with Crippen LogP contribution in [-0.4, -0.2) is 50.0 Å². The fourth-order valence-corrected chi connectivity index (χ4v) is 1.76. The number of carbonyl (C=O) groups is 2. The number of hydrogen-bond acceptors (Lipinski definition) is 9. The number of hydrogen-bond donors (Lipinski definition) is 2. The van der Waals surface area contributed by atoms with Gasteiger partial charge in [0.05, 0.1) is 25.2 Å². The largest absolute Gasteiger partial charge is 0.473 e. The van der Waals surface area contributed by atoms with Crippen LogP contribution in [0.5, 0.6) is 0 Å². The summed E-state index contributed by atoms with van der Waals surface area (Å²) in [5.41, 5.74) is -0.416. The Morgan fingerprint density at radius 1 is 1.13 bits per heavy atom. The SMILES string of the molecule is CC(C)(C)OC(=O)NOS(=O)(=O)OC(=O)CC(C)(C)OCCO. The molecule has 0 saturated heterocycles. The number of aliphatic hydroxyl groups is 1. The molecule has 0 aliphatic rings. The molecule has 136 valence electrons. The summed E-state index contributed by atoms with van der Waals surface area (Å²) >= 11 is 0. The number of nitrogens with one attached hydrogen (secondary N) is 1. The molecule has 0 spiro atoms. The summed E-state index contributed by atoms with van der Waals surface area (Å²) in [4.78, 5) is 22.8. The van der Waals surface area contributed by atoms with Gasteiger partial charge in [-0.25, -0.2) is 4.79 Å². The summed E-state index contributed by atoms with van der Waals surface area (Å²) in [5.74, 6) is -1.15. The second-order valence-electron chi connectivity index (χ2n) is 6.06. The Balaban J connectivity index is 4.41. The summed E-state index contributed by atoms with van der Waals surface area (Å²) in [6, 6.07) is 0. The Bertz CT molecular complexity index is 507. The lowest BCUT2D eigenvalue weighted by Gasteiger charge is -2.23. The standard InChI is InChI=1S/C12H23NO9S/c1-11(2,3)20-10(16)13-22-23(17,18)21-9(15)8-12(4,5)19-7-6-14/h14H,6-8H2,1-5H3,(H,13,16). The summed E-state index contributed by atoms with van der Waals surface area (Å²) in [6.07, 6.45) is -1.58. The Kier molecular flexibility index (Phi) is 7.91. The molecule has 0 aromatic carbocycles. The monoisotopic (exact) mass is 357 g/mol. The van der Waals surface area contributed by atoms with Gasteiger partial charge in [-0.1, -0.05) is 0 Å². The van der Waals surface area contributed by atoms with Gasteiger partial charge in [0, 0.05) is 0 Å². The van der Waals surface area contributed by atoms with E-state index in [1.54, 1.807) is 20.8 Å². The van der Waals surface area contributed by atoms with Crippen LogP contribution in [-0.2, 0) is 33.1 Å². The molecule has 10 nitrogen and oxygen atoms in total. The van der Waals surface area contributed by atoms with Crippen molar-refractivity contribution in [3.63, 3.8) is 0 Å². The van der Waals surface area contributed by atoms with Crippen molar-refractivity contribution in [2.45, 2.75) is 52.2 Å². The molecule has 2 N–H and O–H groups in total. The quantitative estimate of drug-likeness (QED) is 0.591. The van der Waals surface area contributed by atoms with E-state index < -0.39 is 40.1 Å². The van der Waals surface area contributed by atoms with Gasteiger partial charge in [0.1, 0.15) is 5.60 Å². The molecule has 0 saturated carbocycles. The van der Waals surface area contributed by atoms with Crippen molar-refractivity contribution in [3.05, 3.63) is 0 Å². The van der Waals surface area contributed by atoms with Crippen LogP contribution in [0, 0.1) is 0 Å². The van der Waals surface area contributed by atoms with Gasteiger partial charge in [-0.2, -0.15) is 13.9 Å². The molecule has 0 radical (unpaired) electrons. The Morgan fingerprint density at radius 3 is 2.17 bits per heavy atom. The van der Waals surface area contributed by atoms with Crippen molar-refractivity contribution in [1.82, 2.24) is 5.48 Å². The van der Waals surface area contributed by atoms with E-state index in [9.17, 15) is 18.0 Å². The van der Waals surface area contributed by atoms with Crippen LogP contribution in [0.3, 0.4) is 0 Å². The van der Waals surface area contributed by atoms with E-state index in [0.717, 1.165) is 0 Å². The lowest BCUT2D eigenvalue weighted by molar-refractivity contribution is -0.142. The van der Waals surface area contributed by atoms with E-state index in [-0.39, 0.29) is 13.2 Å². The van der Waals surface area contributed by atoms with Gasteiger partial charge in [0.15, 0.2) is 0 Å². The second kappa shape index (κ2) is 8.43. The first-order valence-electron chi connectivity index (χ1n) is 6.66. The molecule has 0 aromatic rings. The van der Waals surface area contributed by atoms with Crippen LogP contribution in [0.2, 0.25) is 0 Å². The van der Waals surface area contributed by atoms with Gasteiger partial charge in [-0.3, -0.25) is 4.79 Å². The maximum Gasteiger partial charge on any atom is 0.473 e. The van der Waals surface area contributed by atoms with Gasteiger partial charge < -0.3 is 18.8 Å². The van der Waals surface area contributed by atoms with Crippen LogP contribution in [0.15, 0.2) is 0 Å². The molecule has 23 heavy (non-hydrogen) atoms. The number of amides is 1. The molecule has 0 rings (SSSR count). The minimum Gasteiger partial charge on any atom is -0.442 e. The topological polar surface area (TPSA) is 137 Å². The number of rotatable bonds is 8. The molecule has 0 aliphatic heterocycles. The molecule has 0 fully saturated rings. The van der Waals surface area contributed by atoms with Crippen molar-refractivity contribution in [2.75, 3.05) is 13.2 Å². The zero-order valence-electron chi connectivity index (χ0n) is 13.7. The molecule has 11 heteroatoms. The van der Waals surface area contributed by atoms with Crippen LogP contribution in [0.1, 0.15) is 41.0 Å². The zero-order chi connectivity index (χ0) is 18.3. The van der Waals surface area contributed by atoms with E-state index in [2.05, 4.69) is 8.47 Å². The van der Waals surface area contributed by atoms with Crippen molar-refractivity contribution in [2.24, 2.45) is 0 Å². The van der Waals surface area contributed by atoms with E-state index in [1.165, 1.54) is 19.3 Å². The van der Waals surface area contributed by atoms with Gasteiger partial charge in [0.2, 0.25) is 0 Å². The highest BCUT2D eigenvalue weighted by Gasteiger charge is 2.28. The molecular weight excluding hydrogens is 334 g/mol. The van der Waals surface area contributed by atoms with E-state index in [4.69, 9.17) is 14.6 Å². The third kappa shape index (κ3) is 11.8.